The lowest BCUT2D eigenvalue weighted by atomic mass is 10.1. The Labute approximate surface area is 177 Å². The van der Waals surface area contributed by atoms with E-state index < -0.39 is 5.91 Å². The number of halogens is 2. The van der Waals surface area contributed by atoms with Crippen LogP contribution >= 0.6 is 23.2 Å². The van der Waals surface area contributed by atoms with Crippen molar-refractivity contribution in [2.75, 3.05) is 12.4 Å². The van der Waals surface area contributed by atoms with E-state index in [-0.39, 0.29) is 16.3 Å². The molecule has 3 aromatic carbocycles. The number of benzene rings is 3. The standard InChI is InChI=1S/C22H16Cl2N2O3/c1-12-4-3-5-13(8-12)22-26-18-11-15(6-7-19(18)29-22)25-21(27)16-9-14(23)10-17(24)20(16)28-2/h3-11H,1-2H3,(H,25,27). The third-order valence-electron chi connectivity index (χ3n) is 4.37. The first-order valence-corrected chi connectivity index (χ1v) is 9.52. The van der Waals surface area contributed by atoms with Crippen molar-refractivity contribution in [1.82, 2.24) is 4.98 Å². The molecule has 0 saturated carbocycles. The van der Waals surface area contributed by atoms with Gasteiger partial charge in [-0.05, 0) is 49.4 Å². The summed E-state index contributed by atoms with van der Waals surface area (Å²) in [5, 5.41) is 3.43. The second kappa shape index (κ2) is 7.78. The average molecular weight is 427 g/mol. The van der Waals surface area contributed by atoms with Crippen molar-refractivity contribution in [3.8, 4) is 17.2 Å². The molecule has 0 fully saturated rings. The highest BCUT2D eigenvalue weighted by molar-refractivity contribution is 6.36. The molecule has 1 aromatic heterocycles. The second-order valence-electron chi connectivity index (χ2n) is 6.49. The van der Waals surface area contributed by atoms with E-state index in [1.54, 1.807) is 18.2 Å². The molecule has 0 spiro atoms. The maximum atomic E-state index is 12.7. The summed E-state index contributed by atoms with van der Waals surface area (Å²) in [4.78, 5) is 17.3. The summed E-state index contributed by atoms with van der Waals surface area (Å²) in [5.74, 6) is 0.390. The predicted octanol–water partition coefficient (Wildman–Crippen LogP) is 6.37. The maximum Gasteiger partial charge on any atom is 0.259 e. The van der Waals surface area contributed by atoms with Crippen molar-refractivity contribution in [2.45, 2.75) is 6.92 Å². The van der Waals surface area contributed by atoms with Gasteiger partial charge in [0, 0.05) is 16.3 Å². The van der Waals surface area contributed by atoms with E-state index in [0.29, 0.717) is 27.7 Å². The molecule has 0 aliphatic heterocycles. The van der Waals surface area contributed by atoms with Gasteiger partial charge in [-0.2, -0.15) is 0 Å². The number of anilines is 1. The Morgan fingerprint density at radius 3 is 2.69 bits per heavy atom. The fraction of sp³-hybridized carbons (Fsp3) is 0.0909. The van der Waals surface area contributed by atoms with Gasteiger partial charge in [0.25, 0.3) is 5.91 Å². The van der Waals surface area contributed by atoms with E-state index in [1.165, 1.54) is 19.2 Å². The second-order valence-corrected chi connectivity index (χ2v) is 7.34. The number of fused-ring (bicyclic) bond motifs is 1. The van der Waals surface area contributed by atoms with Crippen molar-refractivity contribution in [2.24, 2.45) is 0 Å². The Morgan fingerprint density at radius 2 is 1.93 bits per heavy atom. The molecule has 4 rings (SSSR count). The van der Waals surface area contributed by atoms with Crippen LogP contribution in [-0.2, 0) is 0 Å². The molecule has 146 valence electrons. The molecule has 1 N–H and O–H groups in total. The van der Waals surface area contributed by atoms with E-state index in [2.05, 4.69) is 10.3 Å². The third-order valence-corrected chi connectivity index (χ3v) is 4.87. The monoisotopic (exact) mass is 426 g/mol. The van der Waals surface area contributed by atoms with Crippen LogP contribution in [0.15, 0.2) is 59.0 Å². The molecule has 0 atom stereocenters. The first-order valence-electron chi connectivity index (χ1n) is 8.76. The Hall–Kier alpha value is -3.02. The van der Waals surface area contributed by atoms with Crippen LogP contribution in [0.25, 0.3) is 22.6 Å². The number of hydrogen-bond acceptors (Lipinski definition) is 4. The number of carbonyl (C=O) groups is 1. The molecule has 1 amide bonds. The number of methoxy groups -OCH3 is 1. The van der Waals surface area contributed by atoms with E-state index in [1.807, 2.05) is 31.2 Å². The minimum absolute atomic E-state index is 0.241. The van der Waals surface area contributed by atoms with Crippen LogP contribution in [0.5, 0.6) is 5.75 Å². The summed E-state index contributed by atoms with van der Waals surface area (Å²) < 4.78 is 11.1. The number of rotatable bonds is 4. The molecular weight excluding hydrogens is 411 g/mol. The van der Waals surface area contributed by atoms with Crippen molar-refractivity contribution < 1.29 is 13.9 Å². The topological polar surface area (TPSA) is 64.4 Å². The number of carbonyl (C=O) groups excluding carboxylic acids is 1. The summed E-state index contributed by atoms with van der Waals surface area (Å²) in [5.41, 5.74) is 4.07. The van der Waals surface area contributed by atoms with Crippen LogP contribution in [0.4, 0.5) is 5.69 Å². The van der Waals surface area contributed by atoms with E-state index in [4.69, 9.17) is 32.4 Å². The van der Waals surface area contributed by atoms with Gasteiger partial charge < -0.3 is 14.5 Å². The molecular formula is C22H16Cl2N2O3. The first kappa shape index (κ1) is 19.3. The number of hydrogen-bond donors (Lipinski definition) is 1. The van der Waals surface area contributed by atoms with E-state index in [9.17, 15) is 4.79 Å². The summed E-state index contributed by atoms with van der Waals surface area (Å²) in [6.07, 6.45) is 0. The Morgan fingerprint density at radius 1 is 1.10 bits per heavy atom. The van der Waals surface area contributed by atoms with Gasteiger partial charge in [-0.15, -0.1) is 0 Å². The summed E-state index contributed by atoms with van der Waals surface area (Å²) in [6.45, 7) is 2.01. The van der Waals surface area contributed by atoms with E-state index in [0.717, 1.165) is 11.1 Å². The molecule has 0 aliphatic carbocycles. The molecule has 7 heteroatoms. The molecule has 4 aromatic rings. The van der Waals surface area contributed by atoms with Crippen molar-refractivity contribution in [3.05, 3.63) is 75.8 Å². The fourth-order valence-corrected chi connectivity index (χ4v) is 3.61. The van der Waals surface area contributed by atoms with Crippen molar-refractivity contribution >= 4 is 45.9 Å². The van der Waals surface area contributed by atoms with Gasteiger partial charge in [0.2, 0.25) is 5.89 Å². The van der Waals surface area contributed by atoms with E-state index >= 15 is 0 Å². The Balaban J connectivity index is 1.65. The lowest BCUT2D eigenvalue weighted by molar-refractivity contribution is 0.102. The number of amides is 1. The SMILES string of the molecule is COc1c(Cl)cc(Cl)cc1C(=O)Nc1ccc2oc(-c3cccc(C)c3)nc2c1. The summed E-state index contributed by atoms with van der Waals surface area (Å²) >= 11 is 12.2. The number of nitrogens with zero attached hydrogens (tertiary/aromatic N) is 1. The molecule has 0 unspecified atom stereocenters. The van der Waals surface area contributed by atoms with Crippen LogP contribution in [0.3, 0.4) is 0 Å². The molecule has 0 radical (unpaired) electrons. The average Bonchev–Trinajstić information content (AvgIpc) is 3.11. The summed E-state index contributed by atoms with van der Waals surface area (Å²) in [6, 6.07) is 16.2. The molecule has 5 nitrogen and oxygen atoms in total. The van der Waals surface area contributed by atoms with Gasteiger partial charge in [0.1, 0.15) is 11.3 Å². The van der Waals surface area contributed by atoms with Gasteiger partial charge in [-0.25, -0.2) is 4.98 Å². The van der Waals surface area contributed by atoms with Crippen molar-refractivity contribution in [3.63, 3.8) is 0 Å². The van der Waals surface area contributed by atoms with Crippen LogP contribution in [0.2, 0.25) is 10.0 Å². The highest BCUT2D eigenvalue weighted by atomic mass is 35.5. The molecule has 0 saturated heterocycles. The van der Waals surface area contributed by atoms with Gasteiger partial charge >= 0.3 is 0 Å². The van der Waals surface area contributed by atoms with Crippen LogP contribution in [0, 0.1) is 6.92 Å². The van der Waals surface area contributed by atoms with Gasteiger partial charge in [-0.1, -0.05) is 40.9 Å². The number of ether oxygens (including phenoxy) is 1. The zero-order valence-electron chi connectivity index (χ0n) is 15.6. The lowest BCUT2D eigenvalue weighted by Gasteiger charge is -2.11. The Bertz CT molecular complexity index is 1230. The fourth-order valence-electron chi connectivity index (χ4n) is 3.04. The lowest BCUT2D eigenvalue weighted by Crippen LogP contribution is -2.13. The normalized spacial score (nSPS) is 10.9. The minimum Gasteiger partial charge on any atom is -0.494 e. The van der Waals surface area contributed by atoms with Gasteiger partial charge in [0.05, 0.1) is 17.7 Å². The molecule has 1 heterocycles. The van der Waals surface area contributed by atoms with Crippen LogP contribution in [0.1, 0.15) is 15.9 Å². The molecule has 0 aliphatic rings. The zero-order valence-corrected chi connectivity index (χ0v) is 17.1. The van der Waals surface area contributed by atoms with Crippen LogP contribution in [-0.4, -0.2) is 18.0 Å². The number of oxazole rings is 1. The van der Waals surface area contributed by atoms with Gasteiger partial charge in [-0.3, -0.25) is 4.79 Å². The molecule has 0 bridgehead atoms. The zero-order chi connectivity index (χ0) is 20.5. The van der Waals surface area contributed by atoms with Crippen LogP contribution < -0.4 is 10.1 Å². The number of nitrogens with one attached hydrogen (secondary N) is 1. The summed E-state index contributed by atoms with van der Waals surface area (Å²) in [7, 11) is 1.44. The number of aryl methyl sites for hydroxylation is 1. The highest BCUT2D eigenvalue weighted by Crippen LogP contribution is 2.33. The third kappa shape index (κ3) is 3.92. The highest BCUT2D eigenvalue weighted by Gasteiger charge is 2.18. The predicted molar refractivity (Wildman–Crippen MR) is 115 cm³/mol. The largest absolute Gasteiger partial charge is 0.494 e. The Kier molecular flexibility index (Phi) is 5.18. The number of aromatic nitrogens is 1. The molecule has 29 heavy (non-hydrogen) atoms. The smallest absolute Gasteiger partial charge is 0.259 e. The minimum atomic E-state index is -0.395. The quantitative estimate of drug-likeness (QED) is 0.411. The van der Waals surface area contributed by atoms with Crippen molar-refractivity contribution in [1.29, 1.82) is 0 Å². The van der Waals surface area contributed by atoms with Gasteiger partial charge in [0.15, 0.2) is 5.58 Å². The first-order chi connectivity index (χ1) is 13.9. The maximum absolute atomic E-state index is 12.7.